The van der Waals surface area contributed by atoms with Gasteiger partial charge in [-0.25, -0.2) is 8.78 Å². The Bertz CT molecular complexity index is 155. The second kappa shape index (κ2) is 9.08. The van der Waals surface area contributed by atoms with Crippen LogP contribution >= 0.6 is 0 Å². The van der Waals surface area contributed by atoms with Crippen molar-refractivity contribution in [1.82, 2.24) is 0 Å². The fourth-order valence-electron chi connectivity index (χ4n) is 0.274. The van der Waals surface area contributed by atoms with Crippen LogP contribution < -0.4 is 0 Å². The van der Waals surface area contributed by atoms with Gasteiger partial charge in [-0.15, -0.1) is 0 Å². The molecule has 64 valence electrons. The fraction of sp³-hybridized carbons (Fsp3) is 0.333. The monoisotopic (exact) mass is 160 g/mol. The lowest BCUT2D eigenvalue weighted by Gasteiger charge is -1.83. The van der Waals surface area contributed by atoms with Gasteiger partial charge in [0.1, 0.15) is 11.7 Å². The lowest BCUT2D eigenvalue weighted by molar-refractivity contribution is 0.630. The highest BCUT2D eigenvalue weighted by Gasteiger charge is 1.87. The molecule has 2 heteroatoms. The maximum Gasteiger partial charge on any atom is 0.125 e. The number of rotatable bonds is 2. The summed E-state index contributed by atoms with van der Waals surface area (Å²) in [6.45, 7) is 8.60. The number of allylic oxidation sites excluding steroid dienone is 5. The van der Waals surface area contributed by atoms with Crippen molar-refractivity contribution in [2.75, 3.05) is 0 Å². The maximum atomic E-state index is 12.1. The molecule has 0 aromatic carbocycles. The summed E-state index contributed by atoms with van der Waals surface area (Å²) in [6.07, 6.45) is 2.89. The summed E-state index contributed by atoms with van der Waals surface area (Å²) < 4.78 is 24.1. The van der Waals surface area contributed by atoms with Crippen molar-refractivity contribution in [3.8, 4) is 0 Å². The number of hydrogen-bond donors (Lipinski definition) is 0. The van der Waals surface area contributed by atoms with Gasteiger partial charge in [0.05, 0.1) is 0 Å². The predicted octanol–water partition coefficient (Wildman–Crippen LogP) is 3.93. The van der Waals surface area contributed by atoms with Crippen LogP contribution in [0.1, 0.15) is 20.8 Å². The minimum atomic E-state index is -0.661. The van der Waals surface area contributed by atoms with Crippen LogP contribution in [0, 0.1) is 0 Å². The molecule has 0 nitrogen and oxygen atoms in total. The van der Waals surface area contributed by atoms with Gasteiger partial charge < -0.3 is 0 Å². The molecule has 11 heavy (non-hydrogen) atoms. The molecule has 0 unspecified atom stereocenters. The highest BCUT2D eigenvalue weighted by molar-refractivity contribution is 5.19. The number of hydrogen-bond acceptors (Lipinski definition) is 0. The molecule has 0 aromatic rings. The van der Waals surface area contributed by atoms with E-state index >= 15 is 0 Å². The van der Waals surface area contributed by atoms with Crippen molar-refractivity contribution in [2.24, 2.45) is 0 Å². The lowest BCUT2D eigenvalue weighted by atomic mass is 10.4. The van der Waals surface area contributed by atoms with E-state index < -0.39 is 11.7 Å². The van der Waals surface area contributed by atoms with E-state index in [-0.39, 0.29) is 0 Å². The van der Waals surface area contributed by atoms with E-state index in [1.54, 1.807) is 0 Å². The van der Waals surface area contributed by atoms with E-state index in [1.807, 2.05) is 13.8 Å². The van der Waals surface area contributed by atoms with Crippen LogP contribution in [0.2, 0.25) is 0 Å². The Morgan fingerprint density at radius 3 is 1.91 bits per heavy atom. The second-order valence-corrected chi connectivity index (χ2v) is 1.41. The zero-order valence-corrected chi connectivity index (χ0v) is 7.20. The van der Waals surface area contributed by atoms with Gasteiger partial charge in [-0.1, -0.05) is 26.5 Å². The summed E-state index contributed by atoms with van der Waals surface area (Å²) in [7, 11) is 0. The van der Waals surface area contributed by atoms with Gasteiger partial charge in [0.25, 0.3) is 0 Å². The quantitative estimate of drug-likeness (QED) is 0.537. The molecular formula is C9H14F2. The maximum absolute atomic E-state index is 12.1. The Morgan fingerprint density at radius 2 is 1.64 bits per heavy atom. The topological polar surface area (TPSA) is 0 Å². The van der Waals surface area contributed by atoms with E-state index in [1.165, 1.54) is 13.0 Å². The molecule has 0 aliphatic carbocycles. The summed E-state index contributed by atoms with van der Waals surface area (Å²) in [5, 5.41) is 0. The van der Waals surface area contributed by atoms with Gasteiger partial charge in [0.15, 0.2) is 0 Å². The molecule has 0 spiro atoms. The Kier molecular flexibility index (Phi) is 10.5. The van der Waals surface area contributed by atoms with Gasteiger partial charge in [-0.2, -0.15) is 0 Å². The molecule has 0 saturated carbocycles. The van der Waals surface area contributed by atoms with Crippen LogP contribution in [-0.4, -0.2) is 0 Å². The lowest BCUT2D eigenvalue weighted by Crippen LogP contribution is -1.65. The van der Waals surface area contributed by atoms with E-state index in [9.17, 15) is 8.78 Å². The Labute approximate surface area is 66.9 Å². The Balaban J connectivity index is 0. The van der Waals surface area contributed by atoms with Gasteiger partial charge >= 0.3 is 0 Å². The van der Waals surface area contributed by atoms with E-state index in [0.29, 0.717) is 0 Å². The van der Waals surface area contributed by atoms with E-state index in [2.05, 4.69) is 6.58 Å². The molecular weight excluding hydrogens is 146 g/mol. The molecule has 0 saturated heterocycles. The van der Waals surface area contributed by atoms with Crippen molar-refractivity contribution in [3.05, 3.63) is 36.5 Å². The first-order valence-corrected chi connectivity index (χ1v) is 3.52. The molecule has 0 N–H and O–H groups in total. The van der Waals surface area contributed by atoms with E-state index in [4.69, 9.17) is 0 Å². The molecule has 0 bridgehead atoms. The molecule has 0 heterocycles. The van der Waals surface area contributed by atoms with Crippen molar-refractivity contribution < 1.29 is 8.78 Å². The van der Waals surface area contributed by atoms with Gasteiger partial charge in [-0.3, -0.25) is 0 Å². The van der Waals surface area contributed by atoms with Crippen LogP contribution in [0.25, 0.3) is 0 Å². The predicted molar refractivity (Wildman–Crippen MR) is 45.6 cm³/mol. The Hall–Kier alpha value is -0.920. The molecule has 0 rings (SSSR count). The molecule has 0 amide bonds. The van der Waals surface area contributed by atoms with Gasteiger partial charge in [0.2, 0.25) is 0 Å². The number of halogens is 2. The molecule has 0 aliphatic rings. The zero-order valence-electron chi connectivity index (χ0n) is 7.20. The van der Waals surface area contributed by atoms with Gasteiger partial charge in [-0.05, 0) is 13.0 Å². The smallest absolute Gasteiger partial charge is 0.125 e. The summed E-state index contributed by atoms with van der Waals surface area (Å²) >= 11 is 0. The standard InChI is InChI=1S/C7H8F2.C2H6/c1-3-6(8)5-7(9)4-2;1-2/h3-5H,1H2,2H3;1-2H3/b6-5+,7-4+;. The van der Waals surface area contributed by atoms with Crippen LogP contribution in [0.15, 0.2) is 36.5 Å². The molecule has 0 aromatic heterocycles. The molecule has 0 radical (unpaired) electrons. The normalized spacial score (nSPS) is 11.7. The van der Waals surface area contributed by atoms with Crippen molar-refractivity contribution in [2.45, 2.75) is 20.8 Å². The second-order valence-electron chi connectivity index (χ2n) is 1.41. The first kappa shape index (κ1) is 12.7. The third-order valence-electron chi connectivity index (χ3n) is 0.747. The van der Waals surface area contributed by atoms with Crippen molar-refractivity contribution in [1.29, 1.82) is 0 Å². The first-order valence-electron chi connectivity index (χ1n) is 3.52. The van der Waals surface area contributed by atoms with Crippen LogP contribution in [-0.2, 0) is 0 Å². The summed E-state index contributed by atoms with van der Waals surface area (Å²) in [5.41, 5.74) is 0. The third kappa shape index (κ3) is 9.08. The first-order chi connectivity index (χ1) is 5.20. The van der Waals surface area contributed by atoms with E-state index in [0.717, 1.165) is 12.2 Å². The largest absolute Gasteiger partial charge is 0.207 e. The highest BCUT2D eigenvalue weighted by Crippen LogP contribution is 2.04. The molecule has 0 atom stereocenters. The summed E-state index contributed by atoms with van der Waals surface area (Å²) in [5.74, 6) is -1.25. The molecule has 0 fully saturated rings. The van der Waals surface area contributed by atoms with Crippen molar-refractivity contribution >= 4 is 0 Å². The SMILES string of the molecule is C=C/C(F)=C\C(F)=C/C.CC. The van der Waals surface area contributed by atoms with Crippen LogP contribution in [0.4, 0.5) is 8.78 Å². The Morgan fingerprint density at radius 1 is 1.18 bits per heavy atom. The fourth-order valence-corrected chi connectivity index (χ4v) is 0.274. The van der Waals surface area contributed by atoms with Crippen LogP contribution in [0.5, 0.6) is 0 Å². The third-order valence-corrected chi connectivity index (χ3v) is 0.747. The summed E-state index contributed by atoms with van der Waals surface area (Å²) in [4.78, 5) is 0. The average Bonchev–Trinajstić information content (AvgIpc) is 2.07. The zero-order chi connectivity index (χ0) is 9.28. The minimum Gasteiger partial charge on any atom is -0.207 e. The average molecular weight is 160 g/mol. The molecule has 0 aliphatic heterocycles. The van der Waals surface area contributed by atoms with Crippen LogP contribution in [0.3, 0.4) is 0 Å². The van der Waals surface area contributed by atoms with Gasteiger partial charge in [0, 0.05) is 6.08 Å². The summed E-state index contributed by atoms with van der Waals surface area (Å²) in [6, 6.07) is 0. The minimum absolute atomic E-state index is 0.590. The highest BCUT2D eigenvalue weighted by atomic mass is 19.1. The van der Waals surface area contributed by atoms with Crippen molar-refractivity contribution in [3.63, 3.8) is 0 Å².